The largest absolute Gasteiger partial charge is 0.476 e. The molecule has 2 saturated heterocycles. The molecule has 0 atom stereocenters. The molecule has 172 valence electrons. The van der Waals surface area contributed by atoms with E-state index < -0.39 is 0 Å². The predicted molar refractivity (Wildman–Crippen MR) is 122 cm³/mol. The molecule has 0 N–H and O–H groups in total. The zero-order valence-corrected chi connectivity index (χ0v) is 19.0. The van der Waals surface area contributed by atoms with Gasteiger partial charge in [0.1, 0.15) is 13.2 Å². The fourth-order valence-corrected chi connectivity index (χ4v) is 3.66. The van der Waals surface area contributed by atoms with Gasteiger partial charge in [0.15, 0.2) is 5.82 Å². The Morgan fingerprint density at radius 3 is 2.47 bits per heavy atom. The van der Waals surface area contributed by atoms with Crippen LogP contribution in [0.15, 0.2) is 34.6 Å². The highest BCUT2D eigenvalue weighted by Gasteiger charge is 2.15. The van der Waals surface area contributed by atoms with Gasteiger partial charge in [-0.1, -0.05) is 0 Å². The summed E-state index contributed by atoms with van der Waals surface area (Å²) in [6.07, 6.45) is 1.87. The number of hydrogen-bond acceptors (Lipinski definition) is 9. The summed E-state index contributed by atoms with van der Waals surface area (Å²) < 4.78 is 16.9. The summed E-state index contributed by atoms with van der Waals surface area (Å²) in [5.41, 5.74) is 4.30. The monoisotopic (exact) mass is 440 g/mol. The van der Waals surface area contributed by atoms with Crippen molar-refractivity contribution in [2.24, 2.45) is 10.2 Å². The van der Waals surface area contributed by atoms with Gasteiger partial charge in [0.25, 0.3) is 0 Å². The molecule has 2 fully saturated rings. The average molecular weight is 441 g/mol. The molecule has 9 heteroatoms. The minimum Gasteiger partial charge on any atom is -0.476 e. The van der Waals surface area contributed by atoms with Crippen LogP contribution in [0.3, 0.4) is 0 Å². The van der Waals surface area contributed by atoms with Crippen molar-refractivity contribution in [2.45, 2.75) is 20.4 Å². The minimum absolute atomic E-state index is 0.414. The smallest absolute Gasteiger partial charge is 0.217 e. The van der Waals surface area contributed by atoms with Crippen molar-refractivity contribution >= 4 is 11.5 Å². The van der Waals surface area contributed by atoms with Crippen LogP contribution in [0.5, 0.6) is 5.88 Å². The predicted octanol–water partition coefficient (Wildman–Crippen LogP) is 2.92. The molecule has 2 aromatic rings. The third-order valence-electron chi connectivity index (χ3n) is 5.75. The van der Waals surface area contributed by atoms with Crippen LogP contribution in [0.4, 0.5) is 11.5 Å². The van der Waals surface area contributed by atoms with E-state index in [4.69, 9.17) is 14.2 Å². The number of hydrogen-bond donors (Lipinski definition) is 0. The molecule has 4 rings (SSSR count). The highest BCUT2D eigenvalue weighted by Crippen LogP contribution is 2.26. The van der Waals surface area contributed by atoms with E-state index in [0.717, 1.165) is 57.3 Å². The van der Waals surface area contributed by atoms with Gasteiger partial charge < -0.3 is 19.1 Å². The first-order valence-corrected chi connectivity index (χ1v) is 11.2. The number of ether oxygens (including phenoxy) is 3. The summed E-state index contributed by atoms with van der Waals surface area (Å²) in [4.78, 5) is 13.6. The van der Waals surface area contributed by atoms with E-state index in [9.17, 15) is 0 Å². The topological polar surface area (TPSA) is 84.7 Å². The van der Waals surface area contributed by atoms with Crippen molar-refractivity contribution < 1.29 is 14.2 Å². The van der Waals surface area contributed by atoms with Crippen molar-refractivity contribution in [3.8, 4) is 5.88 Å². The van der Waals surface area contributed by atoms with Gasteiger partial charge in [-0.15, -0.1) is 5.11 Å². The fourth-order valence-electron chi connectivity index (χ4n) is 3.66. The maximum absolute atomic E-state index is 6.01. The molecule has 0 saturated carbocycles. The van der Waals surface area contributed by atoms with E-state index in [1.54, 1.807) is 0 Å². The molecule has 0 aromatic carbocycles. The Bertz CT molecular complexity index is 911. The molecule has 2 aliphatic heterocycles. The SMILES string of the molecule is Cc1cnc(CN=Nc2cc(N3CCOCC3)cc(OCCN3CCOCC3)n2)cc1C. The number of azo groups is 1. The van der Waals surface area contributed by atoms with Crippen LogP contribution in [-0.4, -0.2) is 80.6 Å². The number of pyridine rings is 2. The zero-order chi connectivity index (χ0) is 22.2. The van der Waals surface area contributed by atoms with Gasteiger partial charge in [0.05, 0.1) is 32.1 Å². The van der Waals surface area contributed by atoms with Gasteiger partial charge in [-0.3, -0.25) is 9.88 Å². The van der Waals surface area contributed by atoms with E-state index in [0.29, 0.717) is 38.1 Å². The van der Waals surface area contributed by atoms with E-state index >= 15 is 0 Å². The third-order valence-corrected chi connectivity index (χ3v) is 5.75. The summed E-state index contributed by atoms with van der Waals surface area (Å²) in [7, 11) is 0. The molecular weight excluding hydrogens is 408 g/mol. The lowest BCUT2D eigenvalue weighted by molar-refractivity contribution is 0.0320. The Labute approximate surface area is 189 Å². The second-order valence-electron chi connectivity index (χ2n) is 8.08. The van der Waals surface area contributed by atoms with Crippen molar-refractivity contribution in [1.82, 2.24) is 14.9 Å². The molecule has 9 nitrogen and oxygen atoms in total. The first-order chi connectivity index (χ1) is 15.7. The Morgan fingerprint density at radius 2 is 1.72 bits per heavy atom. The molecular formula is C23H32N6O3. The Hall–Kier alpha value is -2.62. The quantitative estimate of drug-likeness (QED) is 0.584. The van der Waals surface area contributed by atoms with Gasteiger partial charge in [0, 0.05) is 56.7 Å². The molecule has 0 bridgehead atoms. The highest BCUT2D eigenvalue weighted by molar-refractivity contribution is 5.55. The normalized spacial score (nSPS) is 17.8. The molecule has 0 unspecified atom stereocenters. The van der Waals surface area contributed by atoms with Crippen LogP contribution in [-0.2, 0) is 16.0 Å². The van der Waals surface area contributed by atoms with Gasteiger partial charge in [-0.2, -0.15) is 10.1 Å². The number of morpholine rings is 2. The lowest BCUT2D eigenvalue weighted by atomic mass is 10.1. The van der Waals surface area contributed by atoms with E-state index in [-0.39, 0.29) is 0 Å². The zero-order valence-electron chi connectivity index (χ0n) is 19.0. The minimum atomic E-state index is 0.414. The van der Waals surface area contributed by atoms with Crippen LogP contribution in [0.1, 0.15) is 16.8 Å². The number of anilines is 1. The first-order valence-electron chi connectivity index (χ1n) is 11.2. The lowest BCUT2D eigenvalue weighted by Crippen LogP contribution is -2.38. The molecule has 0 aliphatic carbocycles. The fraction of sp³-hybridized carbons (Fsp3) is 0.565. The standard InChI is InChI=1S/C23H32N6O3/c1-18-13-20(24-16-19(18)2)17-25-27-22-14-21(29-6-10-31-11-7-29)15-23(26-22)32-12-5-28-3-8-30-9-4-28/h13-16H,3-12,17H2,1-2H3. The number of rotatable bonds is 8. The van der Waals surface area contributed by atoms with E-state index in [1.807, 2.05) is 24.4 Å². The van der Waals surface area contributed by atoms with E-state index in [2.05, 4.69) is 43.8 Å². The highest BCUT2D eigenvalue weighted by atomic mass is 16.5. The van der Waals surface area contributed by atoms with Crippen LogP contribution in [0.25, 0.3) is 0 Å². The summed E-state index contributed by atoms with van der Waals surface area (Å²) >= 11 is 0. The third kappa shape index (κ3) is 6.44. The maximum Gasteiger partial charge on any atom is 0.217 e. The van der Waals surface area contributed by atoms with Crippen LogP contribution in [0, 0.1) is 13.8 Å². The number of aryl methyl sites for hydroxylation is 2. The molecule has 32 heavy (non-hydrogen) atoms. The molecule has 4 heterocycles. The summed E-state index contributed by atoms with van der Waals surface area (Å²) in [5, 5.41) is 8.72. The van der Waals surface area contributed by atoms with E-state index in [1.165, 1.54) is 11.1 Å². The van der Waals surface area contributed by atoms with Gasteiger partial charge >= 0.3 is 0 Å². The second-order valence-corrected chi connectivity index (χ2v) is 8.08. The number of nitrogens with zero attached hydrogens (tertiary/aromatic N) is 6. The molecule has 0 amide bonds. The summed E-state index contributed by atoms with van der Waals surface area (Å²) in [6, 6.07) is 5.98. The van der Waals surface area contributed by atoms with Gasteiger partial charge in [-0.25, -0.2) is 0 Å². The van der Waals surface area contributed by atoms with Crippen molar-refractivity contribution in [3.63, 3.8) is 0 Å². The molecule has 2 aliphatic rings. The van der Waals surface area contributed by atoms with Crippen LogP contribution in [0.2, 0.25) is 0 Å². The molecule has 2 aromatic heterocycles. The van der Waals surface area contributed by atoms with Crippen LogP contribution < -0.4 is 9.64 Å². The Balaban J connectivity index is 1.44. The lowest BCUT2D eigenvalue weighted by Gasteiger charge is -2.29. The molecule has 0 spiro atoms. The maximum atomic E-state index is 6.01. The average Bonchev–Trinajstić information content (AvgIpc) is 2.83. The summed E-state index contributed by atoms with van der Waals surface area (Å²) in [6.45, 7) is 12.5. The van der Waals surface area contributed by atoms with Crippen molar-refractivity contribution in [3.05, 3.63) is 41.2 Å². The molecule has 0 radical (unpaired) electrons. The number of aromatic nitrogens is 2. The summed E-state index contributed by atoms with van der Waals surface area (Å²) in [5.74, 6) is 1.11. The van der Waals surface area contributed by atoms with Gasteiger partial charge in [0.2, 0.25) is 5.88 Å². The van der Waals surface area contributed by atoms with Crippen molar-refractivity contribution in [1.29, 1.82) is 0 Å². The first kappa shape index (κ1) is 22.6. The second kappa shape index (κ2) is 11.3. The Morgan fingerprint density at radius 1 is 0.969 bits per heavy atom. The Kier molecular flexibility index (Phi) is 7.97. The van der Waals surface area contributed by atoms with Crippen molar-refractivity contribution in [2.75, 3.05) is 70.7 Å². The van der Waals surface area contributed by atoms with Crippen LogP contribution >= 0.6 is 0 Å². The van der Waals surface area contributed by atoms with Gasteiger partial charge in [-0.05, 0) is 31.0 Å².